The van der Waals surface area contributed by atoms with Crippen LogP contribution in [0.25, 0.3) is 21.8 Å². The molecule has 3 N–H and O–H groups in total. The van der Waals surface area contributed by atoms with E-state index in [1.54, 1.807) is 40.6 Å². The van der Waals surface area contributed by atoms with Gasteiger partial charge in [0.2, 0.25) is 0 Å². The van der Waals surface area contributed by atoms with E-state index in [9.17, 15) is 0 Å². The second-order valence-electron chi connectivity index (χ2n) is 8.74. The van der Waals surface area contributed by atoms with Gasteiger partial charge in [-0.25, -0.2) is 19.9 Å². The van der Waals surface area contributed by atoms with E-state index in [2.05, 4.69) is 25.3 Å². The monoisotopic (exact) mass is 690 g/mol. The van der Waals surface area contributed by atoms with Gasteiger partial charge < -0.3 is 30.0 Å². The van der Waals surface area contributed by atoms with Gasteiger partial charge in [-0.15, -0.1) is 0 Å². The largest absolute Gasteiger partial charge is 0.493 e. The molecule has 0 radical (unpaired) electrons. The smallest absolute Gasteiger partial charge is 0.162 e. The summed E-state index contributed by atoms with van der Waals surface area (Å²) in [4.78, 5) is 16.6. The Morgan fingerprint density at radius 2 is 0.959 bits per heavy atom. The number of methoxy groups -OCH3 is 4. The molecule has 49 heavy (non-hydrogen) atoms. The van der Waals surface area contributed by atoms with E-state index in [0.717, 1.165) is 39.0 Å². The van der Waals surface area contributed by atoms with Crippen LogP contribution in [-0.4, -0.2) is 48.4 Å². The van der Waals surface area contributed by atoms with Crippen molar-refractivity contribution in [1.82, 2.24) is 19.9 Å². The predicted molar refractivity (Wildman–Crippen MR) is 207 cm³/mol. The van der Waals surface area contributed by atoms with Crippen LogP contribution in [0.5, 0.6) is 23.0 Å². The van der Waals surface area contributed by atoms with Crippen molar-refractivity contribution < 1.29 is 18.9 Å². The first-order chi connectivity index (χ1) is 23.0. The van der Waals surface area contributed by atoms with Crippen LogP contribution in [0.15, 0.2) is 97.6 Å². The Morgan fingerprint density at radius 3 is 1.41 bits per heavy atom. The van der Waals surface area contributed by atoms with Crippen LogP contribution >= 0.6 is 11.6 Å². The molecule has 0 amide bonds. The summed E-state index contributed by atoms with van der Waals surface area (Å²) in [6.45, 7) is 8.00. The van der Waals surface area contributed by atoms with Gasteiger partial charge in [0.1, 0.15) is 23.6 Å². The quantitative estimate of drug-likeness (QED) is 0.129. The lowest BCUT2D eigenvalue weighted by Gasteiger charge is -2.12. The van der Waals surface area contributed by atoms with Gasteiger partial charge in [-0.2, -0.15) is 0 Å². The number of ether oxygens (including phenoxy) is 4. The van der Waals surface area contributed by atoms with Crippen LogP contribution in [0.3, 0.4) is 0 Å². The minimum atomic E-state index is 0. The zero-order valence-corrected chi connectivity index (χ0v) is 28.9. The summed E-state index contributed by atoms with van der Waals surface area (Å²) in [7, 11) is 6.36. The molecule has 0 aliphatic heterocycles. The molecule has 0 unspecified atom stereocenters. The van der Waals surface area contributed by atoms with Gasteiger partial charge in [-0.05, 0) is 36.4 Å². The summed E-state index contributed by atoms with van der Waals surface area (Å²) in [6.07, 6.45) is 2.94. The highest BCUT2D eigenvalue weighted by atomic mass is 35.5. The predicted octanol–water partition coefficient (Wildman–Crippen LogP) is 10.3. The summed E-state index contributed by atoms with van der Waals surface area (Å²) in [5, 5.41) is 5.31. The number of aromatic nitrogens is 4. The van der Waals surface area contributed by atoms with E-state index in [4.69, 9.17) is 36.3 Å². The van der Waals surface area contributed by atoms with E-state index in [-0.39, 0.29) is 14.9 Å². The van der Waals surface area contributed by atoms with Crippen LogP contribution in [0.4, 0.5) is 17.2 Å². The summed E-state index contributed by atoms with van der Waals surface area (Å²) in [6, 6.07) is 26.6. The molecule has 0 aliphatic rings. The number of nitrogens with one attached hydrogen (secondary N) is 1. The number of nitrogens with zero attached hydrogens (tertiary/aromatic N) is 4. The lowest BCUT2D eigenvalue weighted by atomic mass is 10.2. The van der Waals surface area contributed by atoms with Crippen LogP contribution in [0.1, 0.15) is 42.5 Å². The number of rotatable bonds is 6. The molecule has 11 heteroatoms. The second-order valence-corrected chi connectivity index (χ2v) is 9.10. The third-order valence-corrected chi connectivity index (χ3v) is 6.37. The molecule has 0 saturated carbocycles. The Kier molecular flexibility index (Phi) is 21.3. The molecule has 4 aromatic carbocycles. The Bertz CT molecular complexity index is 1780. The van der Waals surface area contributed by atoms with Gasteiger partial charge in [0.05, 0.1) is 39.5 Å². The summed E-state index contributed by atoms with van der Waals surface area (Å²) in [5.41, 5.74) is 8.67. The average Bonchev–Trinajstić information content (AvgIpc) is 3.14. The van der Waals surface area contributed by atoms with E-state index in [1.165, 1.54) is 12.7 Å². The fourth-order valence-electron chi connectivity index (χ4n) is 3.95. The molecular formula is C38H51ClN6O4. The van der Waals surface area contributed by atoms with E-state index < -0.39 is 0 Å². The summed E-state index contributed by atoms with van der Waals surface area (Å²) < 4.78 is 21.0. The topological polar surface area (TPSA) is 127 Å². The third kappa shape index (κ3) is 12.6. The molecule has 0 fully saturated rings. The van der Waals surface area contributed by atoms with Crippen molar-refractivity contribution in [2.75, 3.05) is 39.5 Å². The minimum Gasteiger partial charge on any atom is -0.493 e. The molecule has 0 spiro atoms. The van der Waals surface area contributed by atoms with Crippen molar-refractivity contribution in [3.05, 3.63) is 103 Å². The van der Waals surface area contributed by atoms with Gasteiger partial charge >= 0.3 is 0 Å². The van der Waals surface area contributed by atoms with Crippen LogP contribution in [0.2, 0.25) is 5.15 Å². The number of hydrogen-bond acceptors (Lipinski definition) is 10. The Hall–Kier alpha value is -5.35. The minimum absolute atomic E-state index is 0. The fourth-order valence-corrected chi connectivity index (χ4v) is 4.14. The van der Waals surface area contributed by atoms with E-state index in [0.29, 0.717) is 28.2 Å². The van der Waals surface area contributed by atoms with Crippen LogP contribution in [-0.2, 0) is 0 Å². The van der Waals surface area contributed by atoms with Crippen molar-refractivity contribution in [1.29, 1.82) is 0 Å². The maximum atomic E-state index is 5.93. The van der Waals surface area contributed by atoms with Crippen molar-refractivity contribution in [2.45, 2.75) is 42.5 Å². The molecule has 264 valence electrons. The molecular weight excluding hydrogens is 640 g/mol. The van der Waals surface area contributed by atoms with Crippen molar-refractivity contribution in [2.24, 2.45) is 0 Å². The third-order valence-electron chi connectivity index (χ3n) is 6.07. The maximum Gasteiger partial charge on any atom is 0.162 e. The van der Waals surface area contributed by atoms with Gasteiger partial charge in [-0.1, -0.05) is 90.5 Å². The zero-order valence-electron chi connectivity index (χ0n) is 28.1. The standard InChI is InChI=1S/C16H15N3O2.C10H9ClN2O2.C6H7N.2C2H6.2CH4/c1-20-14-8-12-13(9-15(14)21-2)17-10-18-16(12)19-11-6-4-3-5-7-11;1-14-8-3-6-7(4-9(8)15-2)12-5-13-10(6)11;7-6-4-2-1-3-5-6;2*1-2;;/h3-10H,1-2H3,(H,17,18,19);3-5H,1-2H3;1-5H,7H2;2*1-2H3;2*1H4. The van der Waals surface area contributed by atoms with Crippen molar-refractivity contribution in [3.63, 3.8) is 0 Å². The van der Waals surface area contributed by atoms with E-state index in [1.807, 2.05) is 100 Å². The number of nitrogen functional groups attached to an aromatic ring is 1. The molecule has 0 atom stereocenters. The molecule has 2 heterocycles. The van der Waals surface area contributed by atoms with Gasteiger partial charge in [0.25, 0.3) is 0 Å². The molecule has 0 bridgehead atoms. The number of para-hydroxylation sites is 2. The normalized spacial score (nSPS) is 9.08. The van der Waals surface area contributed by atoms with Crippen molar-refractivity contribution >= 4 is 50.6 Å². The highest BCUT2D eigenvalue weighted by Crippen LogP contribution is 2.35. The fraction of sp³-hybridized carbons (Fsp3) is 0.263. The average molecular weight is 691 g/mol. The first-order valence-corrected chi connectivity index (χ1v) is 15.4. The van der Waals surface area contributed by atoms with Crippen LogP contribution < -0.4 is 30.0 Å². The highest BCUT2D eigenvalue weighted by molar-refractivity contribution is 6.34. The number of benzene rings is 4. The SMILES string of the molecule is C.C.CC.CC.COc1cc2ncnc(Cl)c2cc1OC.COc1cc2ncnc(Nc3ccccc3)c2cc1OC.Nc1ccccc1. The Balaban J connectivity index is 0.000000721. The lowest BCUT2D eigenvalue weighted by Crippen LogP contribution is -1.97. The molecule has 6 rings (SSSR count). The summed E-state index contributed by atoms with van der Waals surface area (Å²) >= 11 is 5.93. The van der Waals surface area contributed by atoms with Gasteiger partial charge in [-0.3, -0.25) is 0 Å². The number of halogens is 1. The first kappa shape index (κ1) is 43.6. The van der Waals surface area contributed by atoms with Crippen LogP contribution in [0, 0.1) is 0 Å². The number of nitrogens with two attached hydrogens (primary N) is 1. The number of hydrogen-bond donors (Lipinski definition) is 2. The van der Waals surface area contributed by atoms with Gasteiger partial charge in [0, 0.05) is 34.3 Å². The van der Waals surface area contributed by atoms with E-state index >= 15 is 0 Å². The molecule has 6 aromatic rings. The molecule has 0 aliphatic carbocycles. The van der Waals surface area contributed by atoms with Crippen molar-refractivity contribution in [3.8, 4) is 23.0 Å². The Morgan fingerprint density at radius 1 is 0.551 bits per heavy atom. The maximum absolute atomic E-state index is 5.93. The number of fused-ring (bicyclic) bond motifs is 2. The molecule has 10 nitrogen and oxygen atoms in total. The van der Waals surface area contributed by atoms with Gasteiger partial charge in [0.15, 0.2) is 23.0 Å². The zero-order chi connectivity index (χ0) is 34.6. The first-order valence-electron chi connectivity index (χ1n) is 15.0. The second kappa shape index (κ2) is 23.9. The summed E-state index contributed by atoms with van der Waals surface area (Å²) in [5.74, 6) is 3.26. The highest BCUT2D eigenvalue weighted by Gasteiger charge is 2.11. The molecule has 0 saturated heterocycles. The molecule has 2 aromatic heterocycles. The lowest BCUT2D eigenvalue weighted by molar-refractivity contribution is 0.356. The number of anilines is 3. The Labute approximate surface area is 296 Å².